The highest BCUT2D eigenvalue weighted by molar-refractivity contribution is 9.10. The zero-order chi connectivity index (χ0) is 14.5. The highest BCUT2D eigenvalue weighted by Gasteiger charge is 2.18. The lowest BCUT2D eigenvalue weighted by Crippen LogP contribution is -2.36. The van der Waals surface area contributed by atoms with Crippen LogP contribution < -0.4 is 5.32 Å². The Morgan fingerprint density at radius 3 is 2.80 bits per heavy atom. The van der Waals surface area contributed by atoms with Gasteiger partial charge in [0.25, 0.3) is 5.69 Å². The Morgan fingerprint density at radius 1 is 1.45 bits per heavy atom. The average Bonchev–Trinajstić information content (AvgIpc) is 2.43. The molecule has 5 nitrogen and oxygen atoms in total. The predicted octanol–water partition coefficient (Wildman–Crippen LogP) is 2.96. The summed E-state index contributed by atoms with van der Waals surface area (Å²) in [6, 6.07) is 2.35. The molecule has 0 spiro atoms. The van der Waals surface area contributed by atoms with Gasteiger partial charge in [-0.25, -0.2) is 4.39 Å². The summed E-state index contributed by atoms with van der Waals surface area (Å²) in [7, 11) is 0. The number of halogens is 2. The Kier molecular flexibility index (Phi) is 5.62. The van der Waals surface area contributed by atoms with Gasteiger partial charge in [-0.15, -0.1) is 0 Å². The molecule has 1 saturated heterocycles. The van der Waals surface area contributed by atoms with Crippen LogP contribution in [0, 0.1) is 15.9 Å². The summed E-state index contributed by atoms with van der Waals surface area (Å²) >= 11 is 4.99. The molecule has 1 aliphatic heterocycles. The van der Waals surface area contributed by atoms with Crippen molar-refractivity contribution in [2.75, 3.05) is 43.0 Å². The van der Waals surface area contributed by atoms with Crippen molar-refractivity contribution in [3.63, 3.8) is 0 Å². The van der Waals surface area contributed by atoms with E-state index in [1.165, 1.54) is 6.07 Å². The molecule has 20 heavy (non-hydrogen) atoms. The van der Waals surface area contributed by atoms with Gasteiger partial charge in [-0.1, -0.05) is 0 Å². The van der Waals surface area contributed by atoms with Gasteiger partial charge in [0.05, 0.1) is 15.5 Å². The molecule has 0 atom stereocenters. The van der Waals surface area contributed by atoms with Crippen LogP contribution in [-0.4, -0.2) is 47.5 Å². The topological polar surface area (TPSA) is 58.4 Å². The van der Waals surface area contributed by atoms with Gasteiger partial charge < -0.3 is 5.32 Å². The minimum atomic E-state index is -0.629. The lowest BCUT2D eigenvalue weighted by atomic mass is 10.2. The second-order valence-corrected chi connectivity index (χ2v) is 6.50. The van der Waals surface area contributed by atoms with E-state index in [2.05, 4.69) is 26.1 Å². The third kappa shape index (κ3) is 4.07. The number of hydrogen-bond donors (Lipinski definition) is 1. The number of nitro benzene ring substituents is 1. The highest BCUT2D eigenvalue weighted by atomic mass is 79.9. The zero-order valence-corrected chi connectivity index (χ0v) is 13.2. The summed E-state index contributed by atoms with van der Waals surface area (Å²) in [4.78, 5) is 12.7. The van der Waals surface area contributed by atoms with E-state index in [0.29, 0.717) is 12.2 Å². The van der Waals surface area contributed by atoms with Gasteiger partial charge in [-0.05, 0) is 22.0 Å². The highest BCUT2D eigenvalue weighted by Crippen LogP contribution is 2.30. The lowest BCUT2D eigenvalue weighted by molar-refractivity contribution is -0.384. The maximum absolute atomic E-state index is 13.3. The molecule has 110 valence electrons. The van der Waals surface area contributed by atoms with Crippen LogP contribution in [0.5, 0.6) is 0 Å². The fraction of sp³-hybridized carbons (Fsp3) is 0.500. The second kappa shape index (κ2) is 7.24. The van der Waals surface area contributed by atoms with E-state index in [1.807, 2.05) is 11.8 Å². The summed E-state index contributed by atoms with van der Waals surface area (Å²) in [6.45, 7) is 3.51. The molecule has 1 fully saturated rings. The van der Waals surface area contributed by atoms with Crippen molar-refractivity contribution in [3.8, 4) is 0 Å². The third-order valence-corrected chi connectivity index (χ3v) is 4.63. The average molecular weight is 364 g/mol. The normalized spacial score (nSPS) is 16.1. The van der Waals surface area contributed by atoms with E-state index in [0.717, 1.165) is 37.2 Å². The Balaban J connectivity index is 1.97. The first-order valence-electron chi connectivity index (χ1n) is 6.25. The molecular formula is C12H15BrFN3O2S. The number of nitrogens with one attached hydrogen (secondary N) is 1. The van der Waals surface area contributed by atoms with Crippen molar-refractivity contribution in [2.24, 2.45) is 0 Å². The molecule has 1 heterocycles. The first kappa shape index (κ1) is 15.5. The van der Waals surface area contributed by atoms with Crippen LogP contribution in [-0.2, 0) is 0 Å². The monoisotopic (exact) mass is 363 g/mol. The fourth-order valence-corrected chi connectivity index (χ4v) is 3.32. The van der Waals surface area contributed by atoms with Crippen LogP contribution in [0.3, 0.4) is 0 Å². The lowest BCUT2D eigenvalue weighted by Gasteiger charge is -2.26. The summed E-state index contributed by atoms with van der Waals surface area (Å²) in [6.07, 6.45) is 0. The molecule has 0 aliphatic carbocycles. The van der Waals surface area contributed by atoms with Crippen LogP contribution in [0.15, 0.2) is 16.6 Å². The molecule has 1 aromatic rings. The number of nitro groups is 1. The molecule has 1 aliphatic rings. The molecule has 0 bridgehead atoms. The van der Waals surface area contributed by atoms with E-state index in [9.17, 15) is 14.5 Å². The quantitative estimate of drug-likeness (QED) is 0.643. The van der Waals surface area contributed by atoms with Crippen LogP contribution >= 0.6 is 27.7 Å². The van der Waals surface area contributed by atoms with Gasteiger partial charge in [0.2, 0.25) is 0 Å². The molecule has 2 rings (SSSR count). The Morgan fingerprint density at radius 2 is 2.15 bits per heavy atom. The summed E-state index contributed by atoms with van der Waals surface area (Å²) < 4.78 is 13.6. The SMILES string of the molecule is O=[N+]([O-])c1cc(F)c(Br)cc1NCCN1CCSCC1. The largest absolute Gasteiger partial charge is 0.378 e. The van der Waals surface area contributed by atoms with Crippen molar-refractivity contribution in [3.05, 3.63) is 32.5 Å². The molecule has 0 aromatic heterocycles. The number of thioether (sulfide) groups is 1. The van der Waals surface area contributed by atoms with Crippen LogP contribution in [0.1, 0.15) is 0 Å². The molecule has 0 unspecified atom stereocenters. The number of nitrogens with zero attached hydrogens (tertiary/aromatic N) is 2. The Hall–Kier alpha value is -0.860. The third-order valence-electron chi connectivity index (χ3n) is 3.08. The minimum Gasteiger partial charge on any atom is -0.378 e. The van der Waals surface area contributed by atoms with Gasteiger partial charge in [0.1, 0.15) is 11.5 Å². The minimum absolute atomic E-state index is 0.222. The van der Waals surface area contributed by atoms with Crippen LogP contribution in [0.4, 0.5) is 15.8 Å². The van der Waals surface area contributed by atoms with Gasteiger partial charge in [0, 0.05) is 37.7 Å². The molecular weight excluding hydrogens is 349 g/mol. The summed E-state index contributed by atoms with van der Waals surface area (Å²) in [5.74, 6) is 1.63. The van der Waals surface area contributed by atoms with E-state index >= 15 is 0 Å². The number of rotatable bonds is 5. The van der Waals surface area contributed by atoms with E-state index in [1.54, 1.807) is 0 Å². The zero-order valence-electron chi connectivity index (χ0n) is 10.8. The van der Waals surface area contributed by atoms with Crippen molar-refractivity contribution in [2.45, 2.75) is 0 Å². The molecule has 8 heteroatoms. The number of anilines is 1. The van der Waals surface area contributed by atoms with Gasteiger partial charge in [-0.3, -0.25) is 15.0 Å². The molecule has 0 amide bonds. The molecule has 1 N–H and O–H groups in total. The Bertz CT molecular complexity index is 498. The summed E-state index contributed by atoms with van der Waals surface area (Å²) in [5, 5.41) is 13.9. The van der Waals surface area contributed by atoms with Crippen molar-refractivity contribution in [1.29, 1.82) is 0 Å². The first-order valence-corrected chi connectivity index (χ1v) is 8.20. The van der Waals surface area contributed by atoms with Gasteiger partial charge in [-0.2, -0.15) is 11.8 Å². The van der Waals surface area contributed by atoms with Crippen molar-refractivity contribution < 1.29 is 9.31 Å². The van der Waals surface area contributed by atoms with Crippen molar-refractivity contribution >= 4 is 39.1 Å². The maximum atomic E-state index is 13.3. The Labute approximate surface area is 129 Å². The second-order valence-electron chi connectivity index (χ2n) is 4.42. The molecule has 0 saturated carbocycles. The van der Waals surface area contributed by atoms with E-state index in [4.69, 9.17) is 0 Å². The van der Waals surface area contributed by atoms with E-state index < -0.39 is 10.7 Å². The first-order chi connectivity index (χ1) is 9.58. The maximum Gasteiger partial charge on any atom is 0.295 e. The number of benzene rings is 1. The number of hydrogen-bond acceptors (Lipinski definition) is 5. The molecule has 0 radical (unpaired) electrons. The van der Waals surface area contributed by atoms with E-state index in [-0.39, 0.29) is 10.2 Å². The van der Waals surface area contributed by atoms with Crippen LogP contribution in [0.25, 0.3) is 0 Å². The smallest absolute Gasteiger partial charge is 0.295 e. The van der Waals surface area contributed by atoms with Crippen LogP contribution in [0.2, 0.25) is 0 Å². The summed E-state index contributed by atoms with van der Waals surface area (Å²) in [5.41, 5.74) is 0.106. The fourth-order valence-electron chi connectivity index (χ4n) is 2.00. The van der Waals surface area contributed by atoms with Crippen molar-refractivity contribution in [1.82, 2.24) is 4.90 Å². The molecule has 1 aromatic carbocycles. The predicted molar refractivity (Wildman–Crippen MR) is 83.0 cm³/mol. The van der Waals surface area contributed by atoms with Gasteiger partial charge >= 0.3 is 0 Å². The van der Waals surface area contributed by atoms with Gasteiger partial charge in [0.15, 0.2) is 0 Å². The standard InChI is InChI=1S/C12H15BrFN3O2S/c13-9-7-11(12(17(18)19)8-10(9)14)15-1-2-16-3-5-20-6-4-16/h7-8,15H,1-6H2.